The number of imidazole rings is 1. The summed E-state index contributed by atoms with van der Waals surface area (Å²) in [6, 6.07) is 14.0. The van der Waals surface area contributed by atoms with E-state index in [1.165, 1.54) is 5.56 Å². The molecular formula is C23H24N4O3S. The lowest BCUT2D eigenvalue weighted by Gasteiger charge is -2.07. The van der Waals surface area contributed by atoms with E-state index < -0.39 is 6.09 Å². The summed E-state index contributed by atoms with van der Waals surface area (Å²) in [5.41, 5.74) is 4.87. The molecule has 0 fully saturated rings. The number of aryl methyl sites for hydroxylation is 1. The van der Waals surface area contributed by atoms with Gasteiger partial charge in [0.1, 0.15) is 0 Å². The van der Waals surface area contributed by atoms with E-state index in [4.69, 9.17) is 9.72 Å². The average Bonchev–Trinajstić information content (AvgIpc) is 3.31. The van der Waals surface area contributed by atoms with Gasteiger partial charge in [0, 0.05) is 30.4 Å². The topological polar surface area (TPSA) is 84.7 Å². The molecule has 2 aromatic heterocycles. The van der Waals surface area contributed by atoms with Crippen LogP contribution in [-0.4, -0.2) is 41.1 Å². The van der Waals surface area contributed by atoms with Crippen molar-refractivity contribution in [1.82, 2.24) is 20.0 Å². The first-order valence-electron chi connectivity index (χ1n) is 10.2. The van der Waals surface area contributed by atoms with Gasteiger partial charge in [-0.1, -0.05) is 35.1 Å². The number of aromatic nitrogens is 2. The Morgan fingerprint density at radius 3 is 2.77 bits per heavy atom. The second-order valence-electron chi connectivity index (χ2n) is 7.19. The summed E-state index contributed by atoms with van der Waals surface area (Å²) in [5, 5.41) is 5.52. The van der Waals surface area contributed by atoms with E-state index in [0.717, 1.165) is 26.4 Å². The Hall–Kier alpha value is -3.39. The fourth-order valence-corrected chi connectivity index (χ4v) is 4.40. The van der Waals surface area contributed by atoms with Crippen molar-refractivity contribution in [2.24, 2.45) is 0 Å². The summed E-state index contributed by atoms with van der Waals surface area (Å²) < 4.78 is 7.87. The van der Waals surface area contributed by atoms with Gasteiger partial charge in [0.05, 0.1) is 22.5 Å². The van der Waals surface area contributed by atoms with Crippen LogP contribution in [0.3, 0.4) is 0 Å². The summed E-state index contributed by atoms with van der Waals surface area (Å²) >= 11 is 1.56. The molecule has 2 heterocycles. The van der Waals surface area contributed by atoms with Crippen LogP contribution in [0.2, 0.25) is 0 Å². The number of rotatable bonds is 7. The van der Waals surface area contributed by atoms with Crippen molar-refractivity contribution in [3.05, 3.63) is 59.8 Å². The quantitative estimate of drug-likeness (QED) is 0.421. The van der Waals surface area contributed by atoms with Gasteiger partial charge in [0.15, 0.2) is 4.96 Å². The van der Waals surface area contributed by atoms with Crippen LogP contribution in [0.25, 0.3) is 26.4 Å². The first kappa shape index (κ1) is 20.9. The van der Waals surface area contributed by atoms with Crippen LogP contribution >= 0.6 is 11.3 Å². The highest BCUT2D eigenvalue weighted by molar-refractivity contribution is 7.23. The molecule has 0 aliphatic heterocycles. The minimum Gasteiger partial charge on any atom is -0.450 e. The number of nitrogens with zero attached hydrogens (tertiary/aromatic N) is 2. The smallest absolute Gasteiger partial charge is 0.407 e. The number of nitrogens with one attached hydrogen (secondary N) is 2. The molecular weight excluding hydrogens is 412 g/mol. The summed E-state index contributed by atoms with van der Waals surface area (Å²) in [6.07, 6.45) is 2.23. The molecule has 0 radical (unpaired) electrons. The molecule has 2 N–H and O–H groups in total. The number of ether oxygens (including phenoxy) is 1. The van der Waals surface area contributed by atoms with E-state index in [1.807, 2.05) is 30.5 Å². The number of carbonyl (C=O) groups excluding carboxylic acids is 2. The van der Waals surface area contributed by atoms with E-state index in [1.54, 1.807) is 18.3 Å². The van der Waals surface area contributed by atoms with Gasteiger partial charge in [-0.05, 0) is 44.5 Å². The predicted molar refractivity (Wildman–Crippen MR) is 123 cm³/mol. The summed E-state index contributed by atoms with van der Waals surface area (Å²) in [4.78, 5) is 29.4. The Morgan fingerprint density at radius 2 is 1.97 bits per heavy atom. The number of hydrogen-bond donors (Lipinski definition) is 2. The summed E-state index contributed by atoms with van der Waals surface area (Å²) in [5.74, 6) is -0.135. The van der Waals surface area contributed by atoms with Gasteiger partial charge in [-0.2, -0.15) is 0 Å². The van der Waals surface area contributed by atoms with Gasteiger partial charge >= 0.3 is 6.09 Å². The van der Waals surface area contributed by atoms with Crippen molar-refractivity contribution in [2.45, 2.75) is 20.3 Å². The first-order valence-corrected chi connectivity index (χ1v) is 11.0. The highest BCUT2D eigenvalue weighted by Gasteiger charge is 2.13. The van der Waals surface area contributed by atoms with E-state index in [0.29, 0.717) is 31.7 Å². The fourth-order valence-electron chi connectivity index (χ4n) is 3.35. The van der Waals surface area contributed by atoms with Gasteiger partial charge in [-0.15, -0.1) is 0 Å². The van der Waals surface area contributed by atoms with Crippen molar-refractivity contribution in [3.8, 4) is 11.3 Å². The molecule has 2 aromatic carbocycles. The van der Waals surface area contributed by atoms with Crippen molar-refractivity contribution in [3.63, 3.8) is 0 Å². The maximum absolute atomic E-state index is 12.5. The van der Waals surface area contributed by atoms with Gasteiger partial charge < -0.3 is 15.4 Å². The second-order valence-corrected chi connectivity index (χ2v) is 8.20. The van der Waals surface area contributed by atoms with Crippen LogP contribution in [0.4, 0.5) is 4.79 Å². The lowest BCUT2D eigenvalue weighted by atomic mass is 10.1. The number of fused-ring (bicyclic) bond motifs is 3. The van der Waals surface area contributed by atoms with Gasteiger partial charge in [-0.25, -0.2) is 9.78 Å². The minimum atomic E-state index is -0.437. The second kappa shape index (κ2) is 9.18. The largest absolute Gasteiger partial charge is 0.450 e. The van der Waals surface area contributed by atoms with Gasteiger partial charge in [-0.3, -0.25) is 9.20 Å². The molecule has 4 aromatic rings. The Balaban J connectivity index is 1.42. The molecule has 0 unspecified atom stereocenters. The zero-order chi connectivity index (χ0) is 21.8. The number of benzene rings is 2. The Bertz CT molecular complexity index is 1240. The van der Waals surface area contributed by atoms with Crippen molar-refractivity contribution in [2.75, 3.05) is 19.7 Å². The number of alkyl carbamates (subject to hydrolysis) is 1. The lowest BCUT2D eigenvalue weighted by molar-refractivity contribution is 0.0953. The standard InChI is InChI=1S/C23H24N4O3S/c1-3-30-23(29)25-11-5-10-24-21(28)17-8-9-19-20(13-17)31-22-26-18(14-27(19)22)16-7-4-6-15(2)12-16/h4,6-9,12-14H,3,5,10-11H2,1-2H3,(H,24,28)(H,25,29). The Kier molecular flexibility index (Phi) is 6.18. The van der Waals surface area contributed by atoms with E-state index in [9.17, 15) is 9.59 Å². The van der Waals surface area contributed by atoms with Crippen LogP contribution < -0.4 is 10.6 Å². The van der Waals surface area contributed by atoms with Crippen molar-refractivity contribution < 1.29 is 14.3 Å². The molecule has 31 heavy (non-hydrogen) atoms. The maximum Gasteiger partial charge on any atom is 0.407 e. The number of amides is 2. The highest BCUT2D eigenvalue weighted by atomic mass is 32.1. The summed E-state index contributed by atoms with van der Waals surface area (Å²) in [7, 11) is 0. The van der Waals surface area contributed by atoms with Crippen LogP contribution in [0.1, 0.15) is 29.3 Å². The van der Waals surface area contributed by atoms with E-state index in [2.05, 4.69) is 40.2 Å². The number of thiazole rings is 1. The monoisotopic (exact) mass is 436 g/mol. The molecule has 4 rings (SSSR count). The first-order chi connectivity index (χ1) is 15.0. The van der Waals surface area contributed by atoms with Gasteiger partial charge in [0.2, 0.25) is 0 Å². The lowest BCUT2D eigenvalue weighted by Crippen LogP contribution is -2.30. The maximum atomic E-state index is 12.5. The van der Waals surface area contributed by atoms with Crippen LogP contribution in [0.5, 0.6) is 0 Å². The molecule has 0 spiro atoms. The van der Waals surface area contributed by atoms with Crippen molar-refractivity contribution in [1.29, 1.82) is 0 Å². The SMILES string of the molecule is CCOC(=O)NCCCNC(=O)c1ccc2c(c1)sc1nc(-c3cccc(C)c3)cn12. The highest BCUT2D eigenvalue weighted by Crippen LogP contribution is 2.30. The molecule has 160 valence electrons. The molecule has 0 bridgehead atoms. The zero-order valence-electron chi connectivity index (χ0n) is 17.5. The third kappa shape index (κ3) is 4.69. The van der Waals surface area contributed by atoms with Crippen LogP contribution in [-0.2, 0) is 4.74 Å². The van der Waals surface area contributed by atoms with E-state index >= 15 is 0 Å². The molecule has 0 aliphatic rings. The van der Waals surface area contributed by atoms with Crippen molar-refractivity contribution >= 4 is 38.5 Å². The van der Waals surface area contributed by atoms with E-state index in [-0.39, 0.29) is 5.91 Å². The molecule has 0 aliphatic carbocycles. The predicted octanol–water partition coefficient (Wildman–Crippen LogP) is 4.39. The Labute approximate surface area is 184 Å². The molecule has 0 atom stereocenters. The zero-order valence-corrected chi connectivity index (χ0v) is 18.3. The molecule has 8 heteroatoms. The molecule has 0 saturated heterocycles. The third-order valence-corrected chi connectivity index (χ3v) is 5.87. The third-order valence-electron chi connectivity index (χ3n) is 4.85. The van der Waals surface area contributed by atoms with Crippen LogP contribution in [0.15, 0.2) is 48.7 Å². The van der Waals surface area contributed by atoms with Crippen LogP contribution in [0, 0.1) is 6.92 Å². The fraction of sp³-hybridized carbons (Fsp3) is 0.261. The summed E-state index contributed by atoms with van der Waals surface area (Å²) in [6.45, 7) is 5.08. The number of carbonyl (C=O) groups is 2. The molecule has 7 nitrogen and oxygen atoms in total. The normalized spacial score (nSPS) is 11.0. The molecule has 2 amide bonds. The van der Waals surface area contributed by atoms with Gasteiger partial charge in [0.25, 0.3) is 5.91 Å². The minimum absolute atomic E-state index is 0.135. The molecule has 0 saturated carbocycles. The Morgan fingerprint density at radius 1 is 1.13 bits per heavy atom. The average molecular weight is 437 g/mol. The number of hydrogen-bond acceptors (Lipinski definition) is 5.